The molecule has 0 radical (unpaired) electrons. The van der Waals surface area contributed by atoms with E-state index in [2.05, 4.69) is 49.6 Å². The fraction of sp³-hybridized carbons (Fsp3) is 0.471. The topological polar surface area (TPSA) is 12.9 Å². The average Bonchev–Trinajstić information content (AvgIpc) is 3.09. The minimum absolute atomic E-state index is 0.194. The summed E-state index contributed by atoms with van der Waals surface area (Å²) < 4.78 is 0. The Balaban J connectivity index is 2.05. The molecular formula is C17H21NS. The Labute approximate surface area is 119 Å². The maximum atomic E-state index is 4.96. The van der Waals surface area contributed by atoms with E-state index in [0.29, 0.717) is 5.92 Å². The molecule has 0 saturated heterocycles. The summed E-state index contributed by atoms with van der Waals surface area (Å²) >= 11 is 1.86. The first-order valence-corrected chi connectivity index (χ1v) is 8.12. The molecule has 2 aromatic rings. The van der Waals surface area contributed by atoms with E-state index >= 15 is 0 Å². The third-order valence-electron chi connectivity index (χ3n) is 4.31. The number of nitrogens with zero attached hydrogens (tertiary/aromatic N) is 1. The molecule has 0 N–H and O–H groups in total. The van der Waals surface area contributed by atoms with Gasteiger partial charge in [0.25, 0.3) is 0 Å². The van der Waals surface area contributed by atoms with Crippen LogP contribution in [0.5, 0.6) is 0 Å². The second-order valence-corrected chi connectivity index (χ2v) is 6.75. The lowest BCUT2D eigenvalue weighted by Crippen LogP contribution is -2.23. The van der Waals surface area contributed by atoms with Gasteiger partial charge in [0, 0.05) is 10.8 Å². The van der Waals surface area contributed by atoms with E-state index in [9.17, 15) is 0 Å². The lowest BCUT2D eigenvalue weighted by atomic mass is 9.79. The molecular weight excluding hydrogens is 250 g/mol. The van der Waals surface area contributed by atoms with Gasteiger partial charge < -0.3 is 0 Å². The Kier molecular flexibility index (Phi) is 3.44. The summed E-state index contributed by atoms with van der Waals surface area (Å²) in [6, 6.07) is 11.0. The third kappa shape index (κ3) is 2.23. The minimum atomic E-state index is 0.194. The first-order chi connectivity index (χ1) is 9.22. The van der Waals surface area contributed by atoms with Gasteiger partial charge in [-0.2, -0.15) is 0 Å². The van der Waals surface area contributed by atoms with Gasteiger partial charge in [-0.1, -0.05) is 57.0 Å². The number of aromatic nitrogens is 1. The molecule has 1 nitrogen and oxygen atoms in total. The molecule has 1 aromatic heterocycles. The van der Waals surface area contributed by atoms with E-state index in [4.69, 9.17) is 4.98 Å². The summed E-state index contributed by atoms with van der Waals surface area (Å²) in [4.78, 5) is 4.96. The first-order valence-electron chi connectivity index (χ1n) is 7.24. The van der Waals surface area contributed by atoms with Crippen LogP contribution in [-0.2, 0) is 5.41 Å². The smallest absolute Gasteiger partial charge is 0.103 e. The molecule has 1 aromatic carbocycles. The van der Waals surface area contributed by atoms with Crippen molar-refractivity contribution in [2.75, 3.05) is 0 Å². The van der Waals surface area contributed by atoms with E-state index in [0.717, 1.165) is 0 Å². The second kappa shape index (κ2) is 5.09. The van der Waals surface area contributed by atoms with Gasteiger partial charge in [0.1, 0.15) is 5.01 Å². The lowest BCUT2D eigenvalue weighted by molar-refractivity contribution is 0.529. The monoisotopic (exact) mass is 271 g/mol. The van der Waals surface area contributed by atoms with Crippen LogP contribution >= 0.6 is 11.3 Å². The largest absolute Gasteiger partial charge is 0.245 e. The zero-order valence-corrected chi connectivity index (χ0v) is 12.5. The van der Waals surface area contributed by atoms with Crippen LogP contribution in [0.1, 0.15) is 61.7 Å². The summed E-state index contributed by atoms with van der Waals surface area (Å²) in [7, 11) is 0. The minimum Gasteiger partial charge on any atom is -0.245 e. The number of rotatable bonds is 3. The Hall–Kier alpha value is -1.15. The van der Waals surface area contributed by atoms with E-state index in [1.807, 2.05) is 11.3 Å². The molecule has 0 unspecified atom stereocenters. The van der Waals surface area contributed by atoms with E-state index in [1.165, 1.54) is 41.9 Å². The number of benzene rings is 1. The third-order valence-corrected chi connectivity index (χ3v) is 5.37. The van der Waals surface area contributed by atoms with Gasteiger partial charge in [-0.05, 0) is 24.3 Å². The van der Waals surface area contributed by atoms with Crippen LogP contribution in [0, 0.1) is 0 Å². The Morgan fingerprint density at radius 1 is 1.11 bits per heavy atom. The summed E-state index contributed by atoms with van der Waals surface area (Å²) in [5.74, 6) is 0.527. The van der Waals surface area contributed by atoms with Crippen LogP contribution in [0.15, 0.2) is 35.7 Å². The maximum absolute atomic E-state index is 4.96. The molecule has 0 spiro atoms. The molecule has 1 fully saturated rings. The van der Waals surface area contributed by atoms with E-state index < -0.39 is 0 Å². The highest BCUT2D eigenvalue weighted by atomic mass is 32.1. The van der Waals surface area contributed by atoms with Crippen LogP contribution in [0.3, 0.4) is 0 Å². The standard InChI is InChI=1S/C17H21NS/c1-13(2)15-12-19-16(18-15)17(10-6-7-11-17)14-8-4-3-5-9-14/h3-5,8-9,12-13H,6-7,10-11H2,1-2H3. The van der Waals surface area contributed by atoms with Crippen LogP contribution in [0.25, 0.3) is 0 Å². The van der Waals surface area contributed by atoms with Crippen molar-refractivity contribution in [3.05, 3.63) is 52.0 Å². The molecule has 0 bridgehead atoms. The van der Waals surface area contributed by atoms with Crippen molar-refractivity contribution in [3.8, 4) is 0 Å². The van der Waals surface area contributed by atoms with Gasteiger partial charge in [0.15, 0.2) is 0 Å². The lowest BCUT2D eigenvalue weighted by Gasteiger charge is -2.27. The highest BCUT2D eigenvalue weighted by Gasteiger charge is 2.39. The highest BCUT2D eigenvalue weighted by molar-refractivity contribution is 7.09. The van der Waals surface area contributed by atoms with Crippen molar-refractivity contribution in [1.29, 1.82) is 0 Å². The molecule has 3 rings (SSSR count). The summed E-state index contributed by atoms with van der Waals surface area (Å²) in [6.07, 6.45) is 5.15. The fourth-order valence-electron chi connectivity index (χ4n) is 3.13. The van der Waals surface area contributed by atoms with Gasteiger partial charge in [-0.15, -0.1) is 11.3 Å². The van der Waals surface area contributed by atoms with Gasteiger partial charge in [-0.3, -0.25) is 0 Å². The zero-order chi connectivity index (χ0) is 13.3. The summed E-state index contributed by atoms with van der Waals surface area (Å²) in [5.41, 5.74) is 2.90. The van der Waals surface area contributed by atoms with E-state index in [1.54, 1.807) is 0 Å². The Morgan fingerprint density at radius 3 is 2.37 bits per heavy atom. The van der Waals surface area contributed by atoms with Gasteiger partial charge in [-0.25, -0.2) is 4.98 Å². The Morgan fingerprint density at radius 2 is 1.79 bits per heavy atom. The Bertz CT molecular complexity index is 535. The molecule has 1 aliphatic carbocycles. The molecule has 0 amide bonds. The molecule has 0 atom stereocenters. The predicted molar refractivity (Wildman–Crippen MR) is 81.9 cm³/mol. The summed E-state index contributed by atoms with van der Waals surface area (Å²) in [6.45, 7) is 4.45. The predicted octanol–water partition coefficient (Wildman–Crippen LogP) is 5.13. The van der Waals surface area contributed by atoms with Crippen molar-refractivity contribution >= 4 is 11.3 Å². The normalized spacial score (nSPS) is 18.1. The average molecular weight is 271 g/mol. The van der Waals surface area contributed by atoms with Crippen molar-refractivity contribution in [3.63, 3.8) is 0 Å². The van der Waals surface area contributed by atoms with Crippen molar-refractivity contribution in [2.45, 2.75) is 50.9 Å². The molecule has 0 aliphatic heterocycles. The molecule has 1 saturated carbocycles. The molecule has 19 heavy (non-hydrogen) atoms. The molecule has 1 aliphatic rings. The number of hydrogen-bond donors (Lipinski definition) is 0. The fourth-order valence-corrected chi connectivity index (χ4v) is 4.40. The first kappa shape index (κ1) is 12.9. The highest BCUT2D eigenvalue weighted by Crippen LogP contribution is 2.47. The van der Waals surface area contributed by atoms with Crippen LogP contribution in [-0.4, -0.2) is 4.98 Å². The van der Waals surface area contributed by atoms with Gasteiger partial charge in [0.05, 0.1) is 5.69 Å². The SMILES string of the molecule is CC(C)c1csc(C2(c3ccccc3)CCCC2)n1. The van der Waals surface area contributed by atoms with Gasteiger partial charge in [0.2, 0.25) is 0 Å². The zero-order valence-electron chi connectivity index (χ0n) is 11.7. The second-order valence-electron chi connectivity index (χ2n) is 5.89. The molecule has 1 heterocycles. The van der Waals surface area contributed by atoms with E-state index in [-0.39, 0.29) is 5.41 Å². The number of hydrogen-bond acceptors (Lipinski definition) is 2. The quantitative estimate of drug-likeness (QED) is 0.754. The number of thiazole rings is 1. The van der Waals surface area contributed by atoms with Crippen molar-refractivity contribution in [2.24, 2.45) is 0 Å². The maximum Gasteiger partial charge on any atom is 0.103 e. The van der Waals surface area contributed by atoms with Crippen molar-refractivity contribution in [1.82, 2.24) is 4.98 Å². The van der Waals surface area contributed by atoms with Crippen LogP contribution in [0.2, 0.25) is 0 Å². The van der Waals surface area contributed by atoms with Crippen LogP contribution in [0.4, 0.5) is 0 Å². The summed E-state index contributed by atoms with van der Waals surface area (Å²) in [5, 5.41) is 3.59. The molecule has 100 valence electrons. The molecule has 2 heteroatoms. The van der Waals surface area contributed by atoms with Crippen LogP contribution < -0.4 is 0 Å². The van der Waals surface area contributed by atoms with Crippen molar-refractivity contribution < 1.29 is 0 Å². The van der Waals surface area contributed by atoms with Gasteiger partial charge >= 0.3 is 0 Å².